The molecule has 0 bridgehead atoms. The zero-order valence-corrected chi connectivity index (χ0v) is 14.5. The Hall–Kier alpha value is -4.09. The number of carbonyl (C=O) groups is 1. The molecule has 0 radical (unpaired) electrons. The molecule has 0 unspecified atom stereocenters. The Morgan fingerprint density at radius 2 is 1.67 bits per heavy atom. The molecule has 1 aliphatic heterocycles. The van der Waals surface area contributed by atoms with Crippen molar-refractivity contribution >= 4 is 17.6 Å². The van der Waals surface area contributed by atoms with E-state index in [0.29, 0.717) is 11.3 Å². The minimum Gasteiger partial charge on any atom is -0.453 e. The number of carbonyl (C=O) groups excluding carboxylic acids is 1. The molecule has 2 aromatic carbocycles. The molecule has 0 N–H and O–H groups in total. The van der Waals surface area contributed by atoms with Gasteiger partial charge in [-0.05, 0) is 17.7 Å². The SMILES string of the molecule is CC(=O)OC1=C(/C=C/c2ccccc2)Oc2ccccc2C1=C(C#N)C#N. The lowest BCUT2D eigenvalue weighted by molar-refractivity contribution is -0.136. The molecule has 0 aromatic heterocycles. The van der Waals surface area contributed by atoms with Gasteiger partial charge in [-0.3, -0.25) is 4.79 Å². The number of nitrogens with zero attached hydrogens (tertiary/aromatic N) is 2. The van der Waals surface area contributed by atoms with Gasteiger partial charge in [-0.25, -0.2) is 0 Å². The Bertz CT molecular complexity index is 1050. The first-order chi connectivity index (χ1) is 13.1. The normalized spacial score (nSPS) is 12.6. The van der Waals surface area contributed by atoms with Gasteiger partial charge in [-0.1, -0.05) is 54.6 Å². The summed E-state index contributed by atoms with van der Waals surface area (Å²) < 4.78 is 11.2. The molecule has 27 heavy (non-hydrogen) atoms. The molecule has 5 heteroatoms. The van der Waals surface area contributed by atoms with Gasteiger partial charge in [0.05, 0.1) is 5.57 Å². The second kappa shape index (κ2) is 7.86. The highest BCUT2D eigenvalue weighted by molar-refractivity contribution is 5.91. The van der Waals surface area contributed by atoms with E-state index in [2.05, 4.69) is 0 Å². The van der Waals surface area contributed by atoms with E-state index < -0.39 is 5.97 Å². The molecule has 3 rings (SSSR count). The van der Waals surface area contributed by atoms with Crippen molar-refractivity contribution in [3.8, 4) is 17.9 Å². The van der Waals surface area contributed by atoms with Gasteiger partial charge >= 0.3 is 5.97 Å². The Balaban J connectivity index is 2.22. The van der Waals surface area contributed by atoms with Crippen LogP contribution < -0.4 is 4.74 Å². The van der Waals surface area contributed by atoms with Gasteiger partial charge in [0.15, 0.2) is 11.5 Å². The quantitative estimate of drug-likeness (QED) is 0.604. The first kappa shape index (κ1) is 17.7. The lowest BCUT2D eigenvalue weighted by Crippen LogP contribution is -2.14. The van der Waals surface area contributed by atoms with E-state index >= 15 is 0 Å². The van der Waals surface area contributed by atoms with E-state index in [1.165, 1.54) is 6.92 Å². The van der Waals surface area contributed by atoms with E-state index in [-0.39, 0.29) is 22.7 Å². The van der Waals surface area contributed by atoms with E-state index in [9.17, 15) is 15.3 Å². The number of rotatable bonds is 3. The van der Waals surface area contributed by atoms with Gasteiger partial charge < -0.3 is 9.47 Å². The highest BCUT2D eigenvalue weighted by Gasteiger charge is 2.29. The molecule has 5 nitrogen and oxygen atoms in total. The molecule has 0 saturated heterocycles. The van der Waals surface area contributed by atoms with Crippen LogP contribution in [0.5, 0.6) is 5.75 Å². The van der Waals surface area contributed by atoms with E-state index in [0.717, 1.165) is 5.56 Å². The van der Waals surface area contributed by atoms with Crippen molar-refractivity contribution in [3.05, 3.63) is 88.9 Å². The predicted molar refractivity (Wildman–Crippen MR) is 99.5 cm³/mol. The van der Waals surface area contributed by atoms with Gasteiger partial charge in [0.1, 0.15) is 23.5 Å². The minimum atomic E-state index is -0.577. The van der Waals surface area contributed by atoms with Crippen LogP contribution in [0.4, 0.5) is 0 Å². The van der Waals surface area contributed by atoms with Crippen LogP contribution in [-0.4, -0.2) is 5.97 Å². The fraction of sp³-hybridized carbons (Fsp3) is 0.0455. The van der Waals surface area contributed by atoms with Crippen LogP contribution in [0.3, 0.4) is 0 Å². The average molecular weight is 354 g/mol. The Morgan fingerprint density at radius 3 is 2.33 bits per heavy atom. The van der Waals surface area contributed by atoms with Crippen molar-refractivity contribution in [2.24, 2.45) is 0 Å². The first-order valence-electron chi connectivity index (χ1n) is 8.12. The maximum atomic E-state index is 11.7. The number of para-hydroxylation sites is 1. The molecule has 130 valence electrons. The summed E-state index contributed by atoms with van der Waals surface area (Å²) in [6.45, 7) is 1.25. The number of fused-ring (bicyclic) bond motifs is 1. The number of nitriles is 2. The third kappa shape index (κ3) is 3.78. The number of hydrogen-bond donors (Lipinski definition) is 0. The minimum absolute atomic E-state index is 0.0477. The molecule has 0 spiro atoms. The standard InChI is InChI=1S/C22H14N2O3/c1-15(25)26-22-20(12-11-16-7-3-2-4-8-16)27-19-10-6-5-9-18(19)21(22)17(13-23)14-24/h2-12H,1H3/b12-11+. The van der Waals surface area contributed by atoms with Crippen LogP contribution in [0.1, 0.15) is 18.1 Å². The molecule has 0 atom stereocenters. The molecule has 1 heterocycles. The predicted octanol–water partition coefficient (Wildman–Crippen LogP) is 4.37. The second-order valence-corrected chi connectivity index (χ2v) is 5.60. The maximum Gasteiger partial charge on any atom is 0.308 e. The fourth-order valence-corrected chi connectivity index (χ4v) is 2.65. The van der Waals surface area contributed by atoms with Crippen LogP contribution in [-0.2, 0) is 9.53 Å². The second-order valence-electron chi connectivity index (χ2n) is 5.60. The summed E-state index contributed by atoms with van der Waals surface area (Å²) >= 11 is 0. The zero-order chi connectivity index (χ0) is 19.2. The first-order valence-corrected chi connectivity index (χ1v) is 8.12. The van der Waals surface area contributed by atoms with E-state index in [1.807, 2.05) is 42.5 Å². The van der Waals surface area contributed by atoms with Crippen molar-refractivity contribution in [1.82, 2.24) is 0 Å². The Kier molecular flexibility index (Phi) is 5.16. The van der Waals surface area contributed by atoms with E-state index in [1.54, 1.807) is 36.4 Å². The molecule has 0 fully saturated rings. The van der Waals surface area contributed by atoms with Gasteiger partial charge in [-0.2, -0.15) is 10.5 Å². The fourth-order valence-electron chi connectivity index (χ4n) is 2.65. The topological polar surface area (TPSA) is 83.1 Å². The molecule has 0 aliphatic carbocycles. The summed E-state index contributed by atoms with van der Waals surface area (Å²) in [7, 11) is 0. The monoisotopic (exact) mass is 354 g/mol. The number of allylic oxidation sites excluding steroid dienone is 3. The van der Waals surface area contributed by atoms with Gasteiger partial charge in [-0.15, -0.1) is 0 Å². The number of ether oxygens (including phenoxy) is 2. The van der Waals surface area contributed by atoms with Crippen LogP contribution in [0, 0.1) is 22.7 Å². The lowest BCUT2D eigenvalue weighted by Gasteiger charge is -2.23. The Labute approximate surface area is 156 Å². The summed E-state index contributed by atoms with van der Waals surface area (Å²) in [5.41, 5.74) is 1.52. The van der Waals surface area contributed by atoms with Crippen molar-refractivity contribution in [2.45, 2.75) is 6.92 Å². The summed E-state index contributed by atoms with van der Waals surface area (Å²) in [5.74, 6) is 0.183. The third-order valence-corrected chi connectivity index (χ3v) is 3.77. The average Bonchev–Trinajstić information content (AvgIpc) is 2.69. The highest BCUT2D eigenvalue weighted by Crippen LogP contribution is 2.41. The largest absolute Gasteiger partial charge is 0.453 e. The summed E-state index contributed by atoms with van der Waals surface area (Å²) in [6, 6.07) is 20.2. The molecular formula is C22H14N2O3. The lowest BCUT2D eigenvalue weighted by atomic mass is 9.95. The maximum absolute atomic E-state index is 11.7. The summed E-state index contributed by atoms with van der Waals surface area (Å²) in [6.07, 6.45) is 3.44. The zero-order valence-electron chi connectivity index (χ0n) is 14.5. The van der Waals surface area contributed by atoms with Crippen molar-refractivity contribution in [3.63, 3.8) is 0 Å². The van der Waals surface area contributed by atoms with Crippen LogP contribution in [0.15, 0.2) is 77.8 Å². The van der Waals surface area contributed by atoms with Crippen molar-refractivity contribution in [2.75, 3.05) is 0 Å². The number of esters is 1. The van der Waals surface area contributed by atoms with Crippen LogP contribution in [0.2, 0.25) is 0 Å². The molecule has 0 saturated carbocycles. The summed E-state index contributed by atoms with van der Waals surface area (Å²) in [5, 5.41) is 18.8. The van der Waals surface area contributed by atoms with Gasteiger partial charge in [0.2, 0.25) is 0 Å². The van der Waals surface area contributed by atoms with Crippen LogP contribution >= 0.6 is 0 Å². The number of benzene rings is 2. The molecule has 2 aromatic rings. The molecule has 0 amide bonds. The smallest absolute Gasteiger partial charge is 0.308 e. The number of hydrogen-bond acceptors (Lipinski definition) is 5. The van der Waals surface area contributed by atoms with Gasteiger partial charge in [0, 0.05) is 12.5 Å². The molecular weight excluding hydrogens is 340 g/mol. The van der Waals surface area contributed by atoms with Crippen molar-refractivity contribution < 1.29 is 14.3 Å². The van der Waals surface area contributed by atoms with Crippen LogP contribution in [0.25, 0.3) is 11.6 Å². The van der Waals surface area contributed by atoms with Gasteiger partial charge in [0.25, 0.3) is 0 Å². The molecule has 1 aliphatic rings. The van der Waals surface area contributed by atoms with Crippen molar-refractivity contribution in [1.29, 1.82) is 10.5 Å². The summed E-state index contributed by atoms with van der Waals surface area (Å²) in [4.78, 5) is 11.7. The van der Waals surface area contributed by atoms with E-state index in [4.69, 9.17) is 9.47 Å². The highest BCUT2D eigenvalue weighted by atomic mass is 16.6. The Morgan fingerprint density at radius 1 is 1.00 bits per heavy atom. The third-order valence-electron chi connectivity index (χ3n) is 3.77.